The van der Waals surface area contributed by atoms with Gasteiger partial charge >= 0.3 is 0 Å². The van der Waals surface area contributed by atoms with Crippen molar-refractivity contribution in [2.24, 2.45) is 0 Å². The summed E-state index contributed by atoms with van der Waals surface area (Å²) in [6, 6.07) is 13.2. The molecule has 0 aliphatic carbocycles. The van der Waals surface area contributed by atoms with Crippen LogP contribution in [0.5, 0.6) is 11.5 Å². The van der Waals surface area contributed by atoms with Crippen LogP contribution in [0.2, 0.25) is 0 Å². The average Bonchev–Trinajstić information content (AvgIpc) is 3.17. The Kier molecular flexibility index (Phi) is 4.71. The molecule has 2 amide bonds. The Labute approximate surface area is 158 Å². The van der Waals surface area contributed by atoms with Crippen molar-refractivity contribution < 1.29 is 19.1 Å². The first-order chi connectivity index (χ1) is 13.1. The van der Waals surface area contributed by atoms with E-state index in [1.165, 1.54) is 0 Å². The van der Waals surface area contributed by atoms with E-state index in [4.69, 9.17) is 9.47 Å². The number of hydrogen-bond donors (Lipinski definition) is 0. The maximum atomic E-state index is 12.7. The van der Waals surface area contributed by atoms with Crippen LogP contribution in [-0.4, -0.2) is 54.6 Å². The first-order valence-electron chi connectivity index (χ1n) is 9.13. The van der Waals surface area contributed by atoms with E-state index in [9.17, 15) is 9.59 Å². The number of carbonyl (C=O) groups is 2. The smallest absolute Gasteiger partial charge is 0.254 e. The molecule has 140 valence electrons. The highest BCUT2D eigenvalue weighted by molar-refractivity contribution is 5.95. The molecule has 1 fully saturated rings. The number of nitrogens with zero attached hydrogens (tertiary/aromatic N) is 2. The van der Waals surface area contributed by atoms with Crippen molar-refractivity contribution in [2.75, 3.05) is 33.0 Å². The van der Waals surface area contributed by atoms with Gasteiger partial charge in [-0.3, -0.25) is 9.59 Å². The molecule has 0 unspecified atom stereocenters. The molecule has 4 rings (SSSR count). The summed E-state index contributed by atoms with van der Waals surface area (Å²) in [6.45, 7) is 4.39. The Hall–Kier alpha value is -3.02. The van der Waals surface area contributed by atoms with Gasteiger partial charge in [0, 0.05) is 31.7 Å². The second-order valence-electron chi connectivity index (χ2n) is 6.84. The quantitative estimate of drug-likeness (QED) is 0.836. The normalized spacial score (nSPS) is 15.7. The molecule has 6 nitrogen and oxygen atoms in total. The van der Waals surface area contributed by atoms with Crippen molar-refractivity contribution in [1.29, 1.82) is 0 Å². The van der Waals surface area contributed by atoms with Crippen molar-refractivity contribution in [2.45, 2.75) is 13.3 Å². The molecule has 2 aromatic rings. The van der Waals surface area contributed by atoms with E-state index in [0.29, 0.717) is 49.7 Å². The van der Waals surface area contributed by atoms with E-state index >= 15 is 0 Å². The molecule has 0 spiro atoms. The molecule has 0 aromatic heterocycles. The second-order valence-corrected chi connectivity index (χ2v) is 6.84. The van der Waals surface area contributed by atoms with E-state index in [1.54, 1.807) is 23.1 Å². The predicted octanol–water partition coefficient (Wildman–Crippen LogP) is 2.25. The number of piperazine rings is 1. The SMILES string of the molecule is Cc1ccccc1CC(=O)N1CCN(C(=O)c2ccc3c(c2)OCO3)CC1. The van der Waals surface area contributed by atoms with E-state index < -0.39 is 0 Å². The standard InChI is InChI=1S/C21H22N2O4/c1-15-4-2-3-5-16(15)13-20(24)22-8-10-23(11-9-22)21(25)17-6-7-18-19(12-17)27-14-26-18/h2-7,12H,8-11,13-14H2,1H3. The van der Waals surface area contributed by atoms with Crippen molar-refractivity contribution >= 4 is 11.8 Å². The fourth-order valence-corrected chi connectivity index (χ4v) is 3.45. The lowest BCUT2D eigenvalue weighted by molar-refractivity contribution is -0.131. The Morgan fingerprint density at radius 2 is 1.63 bits per heavy atom. The average molecular weight is 366 g/mol. The lowest BCUT2D eigenvalue weighted by atomic mass is 10.1. The lowest BCUT2D eigenvalue weighted by Crippen LogP contribution is -2.51. The molecule has 1 saturated heterocycles. The Morgan fingerprint density at radius 3 is 2.41 bits per heavy atom. The molecule has 2 aliphatic heterocycles. The summed E-state index contributed by atoms with van der Waals surface area (Å²) in [5.74, 6) is 1.34. The van der Waals surface area contributed by atoms with E-state index in [0.717, 1.165) is 11.1 Å². The largest absolute Gasteiger partial charge is 0.454 e. The predicted molar refractivity (Wildman–Crippen MR) is 99.9 cm³/mol. The minimum absolute atomic E-state index is 0.0423. The summed E-state index contributed by atoms with van der Waals surface area (Å²) in [7, 11) is 0. The van der Waals surface area contributed by atoms with Crippen molar-refractivity contribution in [3.8, 4) is 11.5 Å². The van der Waals surface area contributed by atoms with Gasteiger partial charge in [0.05, 0.1) is 6.42 Å². The molecule has 2 aromatic carbocycles. The van der Waals surface area contributed by atoms with Crippen molar-refractivity contribution in [1.82, 2.24) is 9.80 Å². The molecule has 0 bridgehead atoms. The first-order valence-corrected chi connectivity index (χ1v) is 9.13. The van der Waals surface area contributed by atoms with Crippen LogP contribution in [0.1, 0.15) is 21.5 Å². The van der Waals surface area contributed by atoms with Gasteiger partial charge in [-0.2, -0.15) is 0 Å². The highest BCUT2D eigenvalue weighted by atomic mass is 16.7. The summed E-state index contributed by atoms with van der Waals surface area (Å²) in [5, 5.41) is 0. The first kappa shape index (κ1) is 17.4. The summed E-state index contributed by atoms with van der Waals surface area (Å²) in [4.78, 5) is 29.0. The Balaban J connectivity index is 1.35. The number of rotatable bonds is 3. The van der Waals surface area contributed by atoms with Crippen LogP contribution in [0.25, 0.3) is 0 Å². The Bertz CT molecular complexity index is 872. The van der Waals surface area contributed by atoms with Crippen LogP contribution in [0.15, 0.2) is 42.5 Å². The number of fused-ring (bicyclic) bond motifs is 1. The van der Waals surface area contributed by atoms with Gasteiger partial charge in [-0.05, 0) is 36.2 Å². The van der Waals surface area contributed by atoms with Crippen LogP contribution >= 0.6 is 0 Å². The third kappa shape index (κ3) is 3.60. The topological polar surface area (TPSA) is 59.1 Å². The fraction of sp³-hybridized carbons (Fsp3) is 0.333. The number of aryl methyl sites for hydroxylation is 1. The number of amides is 2. The third-order valence-corrected chi connectivity index (χ3v) is 5.14. The number of carbonyl (C=O) groups excluding carboxylic acids is 2. The fourth-order valence-electron chi connectivity index (χ4n) is 3.45. The zero-order valence-electron chi connectivity index (χ0n) is 15.3. The molecule has 0 saturated carbocycles. The van der Waals surface area contributed by atoms with Gasteiger partial charge in [-0.15, -0.1) is 0 Å². The van der Waals surface area contributed by atoms with Gasteiger partial charge in [0.25, 0.3) is 5.91 Å². The van der Waals surface area contributed by atoms with Gasteiger partial charge < -0.3 is 19.3 Å². The molecule has 27 heavy (non-hydrogen) atoms. The molecule has 0 radical (unpaired) electrons. The summed E-state index contributed by atoms with van der Waals surface area (Å²) < 4.78 is 10.6. The van der Waals surface area contributed by atoms with E-state index in [1.807, 2.05) is 36.1 Å². The highest BCUT2D eigenvalue weighted by Gasteiger charge is 2.26. The monoisotopic (exact) mass is 366 g/mol. The van der Waals surface area contributed by atoms with Crippen LogP contribution < -0.4 is 9.47 Å². The van der Waals surface area contributed by atoms with Crippen molar-refractivity contribution in [3.05, 3.63) is 59.2 Å². The molecule has 2 aliphatic rings. The van der Waals surface area contributed by atoms with Gasteiger partial charge in [0.1, 0.15) is 0 Å². The molecule has 6 heteroatoms. The second kappa shape index (κ2) is 7.31. The number of benzene rings is 2. The minimum Gasteiger partial charge on any atom is -0.454 e. The van der Waals surface area contributed by atoms with E-state index in [-0.39, 0.29) is 18.6 Å². The molecule has 0 atom stereocenters. The van der Waals surface area contributed by atoms with Gasteiger partial charge in [0.2, 0.25) is 12.7 Å². The summed E-state index contributed by atoms with van der Waals surface area (Å²) >= 11 is 0. The van der Waals surface area contributed by atoms with Crippen LogP contribution in [0.3, 0.4) is 0 Å². The van der Waals surface area contributed by atoms with Crippen LogP contribution in [0.4, 0.5) is 0 Å². The third-order valence-electron chi connectivity index (χ3n) is 5.14. The molecular formula is C21H22N2O4. The van der Waals surface area contributed by atoms with Gasteiger partial charge in [-0.25, -0.2) is 0 Å². The minimum atomic E-state index is -0.0423. The summed E-state index contributed by atoms with van der Waals surface area (Å²) in [6.07, 6.45) is 0.406. The van der Waals surface area contributed by atoms with Crippen molar-refractivity contribution in [3.63, 3.8) is 0 Å². The lowest BCUT2D eigenvalue weighted by Gasteiger charge is -2.35. The molecule has 0 N–H and O–H groups in total. The van der Waals surface area contributed by atoms with E-state index in [2.05, 4.69) is 0 Å². The van der Waals surface area contributed by atoms with Gasteiger partial charge in [0.15, 0.2) is 11.5 Å². The zero-order chi connectivity index (χ0) is 18.8. The maximum absolute atomic E-state index is 12.7. The van der Waals surface area contributed by atoms with Crippen LogP contribution in [0, 0.1) is 6.92 Å². The van der Waals surface area contributed by atoms with Gasteiger partial charge in [-0.1, -0.05) is 24.3 Å². The Morgan fingerprint density at radius 1 is 0.926 bits per heavy atom. The zero-order valence-corrected chi connectivity index (χ0v) is 15.3. The van der Waals surface area contributed by atoms with Crippen LogP contribution in [-0.2, 0) is 11.2 Å². The highest BCUT2D eigenvalue weighted by Crippen LogP contribution is 2.32. The molecule has 2 heterocycles. The maximum Gasteiger partial charge on any atom is 0.254 e. The number of hydrogen-bond acceptors (Lipinski definition) is 4. The molecular weight excluding hydrogens is 344 g/mol. The summed E-state index contributed by atoms with van der Waals surface area (Å²) in [5.41, 5.74) is 2.77. The number of ether oxygens (including phenoxy) is 2.